The first-order valence-corrected chi connectivity index (χ1v) is 12.2. The lowest BCUT2D eigenvalue weighted by molar-refractivity contribution is 0.786. The van der Waals surface area contributed by atoms with Gasteiger partial charge in [0, 0.05) is 24.0 Å². The summed E-state index contributed by atoms with van der Waals surface area (Å²) < 4.78 is 0. The van der Waals surface area contributed by atoms with E-state index in [4.69, 9.17) is 16.6 Å². The number of thiophene rings is 1. The van der Waals surface area contributed by atoms with Crippen molar-refractivity contribution in [2.75, 3.05) is 4.90 Å². The monoisotopic (exact) mass is 469 g/mol. The van der Waals surface area contributed by atoms with Gasteiger partial charge < -0.3 is 4.90 Å². The van der Waals surface area contributed by atoms with Gasteiger partial charge in [0.2, 0.25) is 5.28 Å². The maximum atomic E-state index is 6.43. The maximum Gasteiger partial charge on any atom is 0.225 e. The van der Waals surface area contributed by atoms with Gasteiger partial charge in [-0.1, -0.05) is 78.9 Å². The number of aromatic nitrogens is 2. The van der Waals surface area contributed by atoms with Crippen LogP contribution in [0.5, 0.6) is 0 Å². The van der Waals surface area contributed by atoms with Crippen molar-refractivity contribution in [3.05, 3.63) is 112 Å². The van der Waals surface area contributed by atoms with Crippen molar-refractivity contribution >= 4 is 39.0 Å². The third kappa shape index (κ3) is 4.63. The molecular formula is C28H24ClN3S. The normalized spacial score (nSPS) is 11.1. The molecule has 0 unspecified atom stereocenters. The van der Waals surface area contributed by atoms with E-state index >= 15 is 0 Å². The van der Waals surface area contributed by atoms with E-state index in [1.807, 2.05) is 12.1 Å². The molecule has 0 fully saturated rings. The highest BCUT2D eigenvalue weighted by molar-refractivity contribution is 7.17. The van der Waals surface area contributed by atoms with Crippen LogP contribution >= 0.6 is 22.9 Å². The molecule has 0 N–H and O–H groups in total. The Morgan fingerprint density at radius 3 is 2.03 bits per heavy atom. The van der Waals surface area contributed by atoms with Crippen molar-refractivity contribution in [2.24, 2.45) is 0 Å². The third-order valence-electron chi connectivity index (χ3n) is 5.94. The molecule has 33 heavy (non-hydrogen) atoms. The van der Waals surface area contributed by atoms with Crippen LogP contribution in [0.15, 0.2) is 84.2 Å². The fraction of sp³-hybridized carbons (Fsp3) is 0.143. The number of halogens is 1. The smallest absolute Gasteiger partial charge is 0.225 e. The minimum absolute atomic E-state index is 0.275. The quantitative estimate of drug-likeness (QED) is 0.237. The van der Waals surface area contributed by atoms with Gasteiger partial charge in [-0.25, -0.2) is 4.98 Å². The first-order valence-electron chi connectivity index (χ1n) is 10.9. The lowest BCUT2D eigenvalue weighted by Gasteiger charge is -2.25. The van der Waals surface area contributed by atoms with Crippen molar-refractivity contribution in [2.45, 2.75) is 26.9 Å². The SMILES string of the molecule is Cc1ccc(-c2csc3nc(Cl)nc(N(Cc4ccccc4)Cc4ccccc4)c23)cc1C. The number of fused-ring (bicyclic) bond motifs is 1. The van der Waals surface area contributed by atoms with Crippen molar-refractivity contribution in [1.82, 2.24) is 9.97 Å². The molecule has 5 aromatic rings. The van der Waals surface area contributed by atoms with Gasteiger partial charge >= 0.3 is 0 Å². The summed E-state index contributed by atoms with van der Waals surface area (Å²) in [6.07, 6.45) is 0. The van der Waals surface area contributed by atoms with Gasteiger partial charge in [0.15, 0.2) is 0 Å². The Morgan fingerprint density at radius 1 is 0.788 bits per heavy atom. The van der Waals surface area contributed by atoms with Gasteiger partial charge in [-0.2, -0.15) is 4.98 Å². The summed E-state index contributed by atoms with van der Waals surface area (Å²) >= 11 is 8.05. The van der Waals surface area contributed by atoms with E-state index in [0.717, 1.165) is 34.7 Å². The average Bonchev–Trinajstić information content (AvgIpc) is 3.25. The third-order valence-corrected chi connectivity index (χ3v) is 6.98. The number of benzene rings is 3. The summed E-state index contributed by atoms with van der Waals surface area (Å²) in [6.45, 7) is 5.74. The maximum absolute atomic E-state index is 6.43. The van der Waals surface area contributed by atoms with Crippen LogP contribution in [-0.2, 0) is 13.1 Å². The molecule has 2 aromatic heterocycles. The van der Waals surface area contributed by atoms with E-state index in [2.05, 4.69) is 95.8 Å². The van der Waals surface area contributed by atoms with Crippen LogP contribution < -0.4 is 4.90 Å². The predicted molar refractivity (Wildman–Crippen MR) is 140 cm³/mol. The lowest BCUT2D eigenvalue weighted by atomic mass is 10.0. The fourth-order valence-electron chi connectivity index (χ4n) is 4.06. The predicted octanol–water partition coefficient (Wildman–Crippen LogP) is 7.84. The summed E-state index contributed by atoms with van der Waals surface area (Å²) in [6, 6.07) is 27.6. The molecule has 5 rings (SSSR count). The second-order valence-electron chi connectivity index (χ2n) is 8.27. The molecule has 0 saturated carbocycles. The molecule has 0 spiro atoms. The van der Waals surface area contributed by atoms with Crippen molar-refractivity contribution in [3.8, 4) is 11.1 Å². The number of hydrogen-bond acceptors (Lipinski definition) is 4. The zero-order valence-corrected chi connectivity index (χ0v) is 20.2. The zero-order chi connectivity index (χ0) is 22.8. The summed E-state index contributed by atoms with van der Waals surface area (Å²) in [5.74, 6) is 0.868. The molecule has 164 valence electrons. The number of nitrogens with zero attached hydrogens (tertiary/aromatic N) is 3. The molecule has 0 aliphatic carbocycles. The molecule has 0 bridgehead atoms. The van der Waals surface area contributed by atoms with Gasteiger partial charge in [0.05, 0.1) is 5.39 Å². The van der Waals surface area contributed by atoms with Crippen molar-refractivity contribution in [3.63, 3.8) is 0 Å². The Bertz CT molecular complexity index is 1360. The summed E-state index contributed by atoms with van der Waals surface area (Å²) in [7, 11) is 0. The summed E-state index contributed by atoms with van der Waals surface area (Å²) in [5.41, 5.74) is 7.33. The Labute approximate surface area is 203 Å². The molecule has 0 atom stereocenters. The highest BCUT2D eigenvalue weighted by Gasteiger charge is 2.20. The zero-order valence-electron chi connectivity index (χ0n) is 18.6. The standard InChI is InChI=1S/C28H24ClN3S/c1-19-13-14-23(15-20(19)2)24-18-33-27-25(24)26(30-28(29)31-27)32(16-21-9-5-3-6-10-21)17-22-11-7-4-8-12-22/h3-15,18H,16-17H2,1-2H3. The molecule has 3 nitrogen and oxygen atoms in total. The van der Waals surface area contributed by atoms with Crippen molar-refractivity contribution < 1.29 is 0 Å². The first-order chi connectivity index (χ1) is 16.1. The number of hydrogen-bond donors (Lipinski definition) is 0. The largest absolute Gasteiger partial charge is 0.347 e. The molecular weight excluding hydrogens is 446 g/mol. The fourth-order valence-corrected chi connectivity index (χ4v) is 5.22. The number of aryl methyl sites for hydroxylation is 2. The van der Waals surface area contributed by atoms with Crippen LogP contribution in [0.4, 0.5) is 5.82 Å². The van der Waals surface area contributed by atoms with E-state index in [1.54, 1.807) is 11.3 Å². The summed E-state index contributed by atoms with van der Waals surface area (Å²) in [4.78, 5) is 12.6. The summed E-state index contributed by atoms with van der Waals surface area (Å²) in [5, 5.41) is 3.50. The average molecular weight is 470 g/mol. The molecule has 2 heterocycles. The lowest BCUT2D eigenvalue weighted by Crippen LogP contribution is -2.23. The van der Waals surface area contributed by atoms with E-state index in [0.29, 0.717) is 0 Å². The number of rotatable bonds is 6. The molecule has 3 aromatic carbocycles. The minimum Gasteiger partial charge on any atom is -0.347 e. The van der Waals surface area contributed by atoms with Crippen LogP contribution in [0.25, 0.3) is 21.3 Å². The molecule has 0 aliphatic rings. The van der Waals surface area contributed by atoms with Crippen LogP contribution in [0, 0.1) is 13.8 Å². The van der Waals surface area contributed by atoms with Gasteiger partial charge in [-0.15, -0.1) is 11.3 Å². The molecule has 0 amide bonds. The van der Waals surface area contributed by atoms with Crippen LogP contribution in [0.1, 0.15) is 22.3 Å². The van der Waals surface area contributed by atoms with Gasteiger partial charge in [-0.05, 0) is 53.3 Å². The highest BCUT2D eigenvalue weighted by Crippen LogP contribution is 2.40. The molecule has 0 radical (unpaired) electrons. The van der Waals surface area contributed by atoms with E-state index in [9.17, 15) is 0 Å². The number of anilines is 1. The molecule has 0 saturated heterocycles. The van der Waals surface area contributed by atoms with Gasteiger partial charge in [-0.3, -0.25) is 0 Å². The van der Waals surface area contributed by atoms with Crippen LogP contribution in [-0.4, -0.2) is 9.97 Å². The Kier molecular flexibility index (Phi) is 6.12. The van der Waals surface area contributed by atoms with Crippen LogP contribution in [0.3, 0.4) is 0 Å². The molecule has 0 aliphatic heterocycles. The second kappa shape index (κ2) is 9.34. The van der Waals surface area contributed by atoms with E-state index in [-0.39, 0.29) is 5.28 Å². The van der Waals surface area contributed by atoms with Gasteiger partial charge in [0.25, 0.3) is 0 Å². The van der Waals surface area contributed by atoms with E-state index < -0.39 is 0 Å². The molecule has 5 heteroatoms. The van der Waals surface area contributed by atoms with Crippen molar-refractivity contribution in [1.29, 1.82) is 0 Å². The second-order valence-corrected chi connectivity index (χ2v) is 9.47. The Hall–Kier alpha value is -3.21. The van der Waals surface area contributed by atoms with Gasteiger partial charge in [0.1, 0.15) is 10.6 Å². The van der Waals surface area contributed by atoms with Crippen LogP contribution in [0.2, 0.25) is 5.28 Å². The highest BCUT2D eigenvalue weighted by atomic mass is 35.5. The van der Waals surface area contributed by atoms with E-state index in [1.165, 1.54) is 27.8 Å². The Morgan fingerprint density at radius 2 is 1.42 bits per heavy atom. The minimum atomic E-state index is 0.275. The topological polar surface area (TPSA) is 29.0 Å². The first kappa shape index (κ1) is 21.6. The Balaban J connectivity index is 1.68.